The molecule has 0 aliphatic rings. The number of nitrogens with zero attached hydrogens (tertiary/aromatic N) is 1. The van der Waals surface area contributed by atoms with E-state index >= 15 is 0 Å². The van der Waals surface area contributed by atoms with Crippen LogP contribution in [0.3, 0.4) is 0 Å². The van der Waals surface area contributed by atoms with Gasteiger partial charge in [0.2, 0.25) is 0 Å². The number of rotatable bonds is 6. The Morgan fingerprint density at radius 2 is 1.66 bits per heavy atom. The van der Waals surface area contributed by atoms with Crippen LogP contribution in [-0.4, -0.2) is 31.0 Å². The molecule has 148 valence electrons. The van der Waals surface area contributed by atoms with Crippen molar-refractivity contribution in [1.82, 2.24) is 4.98 Å². The first-order valence-corrected chi connectivity index (χ1v) is 8.57. The van der Waals surface area contributed by atoms with Crippen LogP contribution in [0.25, 0.3) is 0 Å². The lowest BCUT2D eigenvalue weighted by Crippen LogP contribution is -2.17. The lowest BCUT2D eigenvalue weighted by molar-refractivity contribution is 0.102. The van der Waals surface area contributed by atoms with E-state index in [4.69, 9.17) is 9.47 Å². The van der Waals surface area contributed by atoms with Crippen molar-refractivity contribution in [1.29, 1.82) is 0 Å². The Morgan fingerprint density at radius 1 is 0.897 bits per heavy atom. The molecule has 2 amide bonds. The fraction of sp³-hybridized carbons (Fsp3) is 0.0952. The summed E-state index contributed by atoms with van der Waals surface area (Å²) < 4.78 is 24.1. The van der Waals surface area contributed by atoms with Crippen LogP contribution in [0.15, 0.2) is 60.8 Å². The summed E-state index contributed by atoms with van der Waals surface area (Å²) in [6.07, 6.45) is 1.33. The molecule has 1 aromatic heterocycles. The topological polar surface area (TPSA) is 89.6 Å². The zero-order valence-electron chi connectivity index (χ0n) is 15.7. The van der Waals surface area contributed by atoms with E-state index in [2.05, 4.69) is 15.6 Å². The number of hydrogen-bond donors (Lipinski definition) is 2. The van der Waals surface area contributed by atoms with Crippen LogP contribution in [-0.2, 0) is 0 Å². The average Bonchev–Trinajstić information content (AvgIpc) is 2.75. The molecule has 8 heteroatoms. The lowest BCUT2D eigenvalue weighted by Gasteiger charge is -2.12. The number of aromatic nitrogens is 1. The van der Waals surface area contributed by atoms with Gasteiger partial charge >= 0.3 is 0 Å². The largest absolute Gasteiger partial charge is 0.497 e. The Labute approximate surface area is 166 Å². The van der Waals surface area contributed by atoms with E-state index in [9.17, 15) is 14.0 Å². The summed E-state index contributed by atoms with van der Waals surface area (Å²) in [6.45, 7) is 0. The standard InChI is InChI=1S/C21H18FN3O4/c1-28-14-7-8-19(29-2)17(12-14)25-20(26)13-9-10-23-18(11-13)21(27)24-16-6-4-3-5-15(16)22/h3-12H,1-2H3,(H,24,27)(H,25,26). The normalized spacial score (nSPS) is 10.2. The van der Waals surface area contributed by atoms with E-state index in [1.807, 2.05) is 0 Å². The first-order chi connectivity index (χ1) is 14.0. The lowest BCUT2D eigenvalue weighted by atomic mass is 10.2. The molecule has 0 atom stereocenters. The minimum absolute atomic E-state index is 0.0234. The number of amides is 2. The molecule has 0 fully saturated rings. The predicted octanol–water partition coefficient (Wildman–Crippen LogP) is 3.74. The number of carbonyl (C=O) groups excluding carboxylic acids is 2. The molecule has 0 aliphatic heterocycles. The predicted molar refractivity (Wildman–Crippen MR) is 106 cm³/mol. The van der Waals surface area contributed by atoms with Crippen LogP contribution in [0.1, 0.15) is 20.8 Å². The Morgan fingerprint density at radius 3 is 2.38 bits per heavy atom. The summed E-state index contributed by atoms with van der Waals surface area (Å²) in [4.78, 5) is 29.0. The average molecular weight is 395 g/mol. The number of hydrogen-bond acceptors (Lipinski definition) is 5. The van der Waals surface area contributed by atoms with Crippen molar-refractivity contribution in [3.8, 4) is 11.5 Å². The molecule has 0 unspecified atom stereocenters. The highest BCUT2D eigenvalue weighted by Gasteiger charge is 2.15. The van der Waals surface area contributed by atoms with E-state index < -0.39 is 17.6 Å². The number of nitrogens with one attached hydrogen (secondary N) is 2. The first kappa shape index (κ1) is 19.8. The monoisotopic (exact) mass is 395 g/mol. The number of methoxy groups -OCH3 is 2. The molecule has 3 aromatic rings. The molecule has 29 heavy (non-hydrogen) atoms. The highest BCUT2D eigenvalue weighted by molar-refractivity contribution is 6.08. The molecule has 0 saturated heterocycles. The van der Waals surface area contributed by atoms with Crippen LogP contribution in [0.2, 0.25) is 0 Å². The highest BCUT2D eigenvalue weighted by Crippen LogP contribution is 2.29. The van der Waals surface area contributed by atoms with Crippen molar-refractivity contribution in [2.24, 2.45) is 0 Å². The minimum atomic E-state index is -0.635. The van der Waals surface area contributed by atoms with Gasteiger partial charge in [0.1, 0.15) is 23.0 Å². The third kappa shape index (κ3) is 4.67. The van der Waals surface area contributed by atoms with Crippen molar-refractivity contribution in [2.75, 3.05) is 24.9 Å². The summed E-state index contributed by atoms with van der Waals surface area (Å²) in [6, 6.07) is 13.5. The molecule has 1 heterocycles. The molecule has 0 radical (unpaired) electrons. The highest BCUT2D eigenvalue weighted by atomic mass is 19.1. The minimum Gasteiger partial charge on any atom is -0.497 e. The van der Waals surface area contributed by atoms with Crippen molar-refractivity contribution < 1.29 is 23.5 Å². The maximum absolute atomic E-state index is 13.7. The van der Waals surface area contributed by atoms with Gasteiger partial charge in [0.05, 0.1) is 25.6 Å². The van der Waals surface area contributed by atoms with Gasteiger partial charge in [0.15, 0.2) is 0 Å². The van der Waals surface area contributed by atoms with Crippen LogP contribution in [0, 0.1) is 5.82 Å². The van der Waals surface area contributed by atoms with Gasteiger partial charge in [-0.15, -0.1) is 0 Å². The molecule has 0 saturated carbocycles. The van der Waals surface area contributed by atoms with Crippen molar-refractivity contribution in [3.05, 3.63) is 77.9 Å². The third-order valence-corrected chi connectivity index (χ3v) is 4.03. The molecule has 7 nitrogen and oxygen atoms in total. The zero-order valence-corrected chi connectivity index (χ0v) is 15.7. The van der Waals surface area contributed by atoms with Crippen molar-refractivity contribution >= 4 is 23.2 Å². The Hall–Kier alpha value is -3.94. The molecule has 0 bridgehead atoms. The maximum Gasteiger partial charge on any atom is 0.274 e. The number of ether oxygens (including phenoxy) is 2. The van der Waals surface area contributed by atoms with Crippen molar-refractivity contribution in [3.63, 3.8) is 0 Å². The number of para-hydroxylation sites is 1. The molecule has 0 aliphatic carbocycles. The van der Waals surface area contributed by atoms with E-state index in [1.54, 1.807) is 24.3 Å². The van der Waals surface area contributed by atoms with Gasteiger partial charge in [-0.3, -0.25) is 14.6 Å². The van der Waals surface area contributed by atoms with E-state index in [0.717, 1.165) is 0 Å². The van der Waals surface area contributed by atoms with Crippen LogP contribution < -0.4 is 20.1 Å². The summed E-state index contributed by atoms with van der Waals surface area (Å²) in [7, 11) is 2.99. The fourth-order valence-electron chi connectivity index (χ4n) is 2.55. The third-order valence-electron chi connectivity index (χ3n) is 4.03. The molecular formula is C21H18FN3O4. The second kappa shape index (κ2) is 8.83. The van der Waals surface area contributed by atoms with Gasteiger partial charge in [0, 0.05) is 17.8 Å². The van der Waals surface area contributed by atoms with Gasteiger partial charge in [0.25, 0.3) is 11.8 Å². The van der Waals surface area contributed by atoms with Gasteiger partial charge in [-0.1, -0.05) is 12.1 Å². The Kier molecular flexibility index (Phi) is 6.03. The zero-order chi connectivity index (χ0) is 20.8. The second-order valence-electron chi connectivity index (χ2n) is 5.88. The van der Waals surface area contributed by atoms with Crippen LogP contribution in [0.4, 0.5) is 15.8 Å². The first-order valence-electron chi connectivity index (χ1n) is 8.57. The quantitative estimate of drug-likeness (QED) is 0.664. The summed E-state index contributed by atoms with van der Waals surface area (Å²) >= 11 is 0. The van der Waals surface area contributed by atoms with Gasteiger partial charge < -0.3 is 20.1 Å². The van der Waals surface area contributed by atoms with Crippen LogP contribution in [0.5, 0.6) is 11.5 Å². The molecular weight excluding hydrogens is 377 g/mol. The molecule has 2 N–H and O–H groups in total. The molecule has 2 aromatic carbocycles. The number of halogens is 1. The molecule has 0 spiro atoms. The number of carbonyl (C=O) groups is 2. The van der Waals surface area contributed by atoms with E-state index in [-0.39, 0.29) is 16.9 Å². The fourth-order valence-corrected chi connectivity index (χ4v) is 2.55. The van der Waals surface area contributed by atoms with Crippen LogP contribution >= 0.6 is 0 Å². The SMILES string of the molecule is COc1ccc(OC)c(NC(=O)c2ccnc(C(=O)Nc3ccccc3F)c2)c1. The Balaban J connectivity index is 1.79. The summed E-state index contributed by atoms with van der Waals surface area (Å²) in [5.41, 5.74) is 0.600. The Bertz CT molecular complexity index is 1060. The van der Waals surface area contributed by atoms with E-state index in [1.165, 1.54) is 50.7 Å². The number of pyridine rings is 1. The number of benzene rings is 2. The second-order valence-corrected chi connectivity index (χ2v) is 5.88. The number of anilines is 2. The van der Waals surface area contributed by atoms with Crippen molar-refractivity contribution in [2.45, 2.75) is 0 Å². The van der Waals surface area contributed by atoms with Gasteiger partial charge in [-0.05, 0) is 36.4 Å². The summed E-state index contributed by atoms with van der Waals surface area (Å²) in [5, 5.41) is 5.14. The van der Waals surface area contributed by atoms with E-state index in [0.29, 0.717) is 17.2 Å². The summed E-state index contributed by atoms with van der Waals surface area (Å²) in [5.74, 6) is -0.686. The molecule has 3 rings (SSSR count). The maximum atomic E-state index is 13.7. The smallest absolute Gasteiger partial charge is 0.274 e. The van der Waals surface area contributed by atoms with Gasteiger partial charge in [-0.25, -0.2) is 4.39 Å². The van der Waals surface area contributed by atoms with Gasteiger partial charge in [-0.2, -0.15) is 0 Å².